The molecule has 1 amide bonds. The number of nitrogens with zero attached hydrogens (tertiary/aromatic N) is 1. The fourth-order valence-electron chi connectivity index (χ4n) is 1.96. The van der Waals surface area contributed by atoms with Gasteiger partial charge in [-0.3, -0.25) is 9.69 Å². The van der Waals surface area contributed by atoms with Gasteiger partial charge >= 0.3 is 0 Å². The van der Waals surface area contributed by atoms with Crippen molar-refractivity contribution < 1.29 is 14.6 Å². The predicted molar refractivity (Wildman–Crippen MR) is 65.7 cm³/mol. The van der Waals surface area contributed by atoms with E-state index in [1.807, 2.05) is 13.8 Å². The van der Waals surface area contributed by atoms with Crippen molar-refractivity contribution in [2.24, 2.45) is 0 Å². The summed E-state index contributed by atoms with van der Waals surface area (Å²) in [7, 11) is 0. The lowest BCUT2D eigenvalue weighted by Gasteiger charge is -2.40. The van der Waals surface area contributed by atoms with Crippen LogP contribution in [0.1, 0.15) is 13.8 Å². The van der Waals surface area contributed by atoms with Crippen molar-refractivity contribution in [1.29, 1.82) is 0 Å². The highest BCUT2D eigenvalue weighted by Gasteiger charge is 2.31. The lowest BCUT2D eigenvalue weighted by Crippen LogP contribution is -2.56. The number of amides is 1. The Hall–Kier alpha value is -0.910. The Balaban J connectivity index is 2.55. The zero-order chi connectivity index (χ0) is 12.8. The van der Waals surface area contributed by atoms with Gasteiger partial charge in [0.2, 0.25) is 5.91 Å². The standard InChI is InChI=1S/C12H22N2O3/c1-4-5-13-12(16)10(3)14-6-11(7-15)17-8-9(14)2/h4,9-11,15H,1,5-8H2,2-3H3,(H,13,16). The number of ether oxygens (including phenoxy) is 1. The molecule has 0 aromatic heterocycles. The minimum Gasteiger partial charge on any atom is -0.394 e. The summed E-state index contributed by atoms with van der Waals surface area (Å²) in [6, 6.07) is -0.0369. The van der Waals surface area contributed by atoms with Crippen molar-refractivity contribution in [2.75, 3.05) is 26.3 Å². The first-order valence-corrected chi connectivity index (χ1v) is 5.97. The maximum Gasteiger partial charge on any atom is 0.237 e. The van der Waals surface area contributed by atoms with Crippen LogP contribution >= 0.6 is 0 Å². The topological polar surface area (TPSA) is 61.8 Å². The van der Waals surface area contributed by atoms with Gasteiger partial charge in [-0.15, -0.1) is 6.58 Å². The molecule has 3 atom stereocenters. The molecule has 0 spiro atoms. The Morgan fingerprint density at radius 1 is 1.76 bits per heavy atom. The summed E-state index contributed by atoms with van der Waals surface area (Å²) < 4.78 is 5.44. The van der Waals surface area contributed by atoms with Crippen LogP contribution in [0.15, 0.2) is 12.7 Å². The number of morpholine rings is 1. The predicted octanol–water partition coefficient (Wildman–Crippen LogP) is -0.241. The number of carbonyl (C=O) groups excluding carboxylic acids is 1. The fraction of sp³-hybridized carbons (Fsp3) is 0.750. The summed E-state index contributed by atoms with van der Waals surface area (Å²) in [5.74, 6) is -0.0182. The Kier molecular flexibility index (Phi) is 5.61. The van der Waals surface area contributed by atoms with Crippen molar-refractivity contribution in [3.8, 4) is 0 Å². The second-order valence-corrected chi connectivity index (χ2v) is 4.39. The highest BCUT2D eigenvalue weighted by atomic mass is 16.5. The molecule has 0 aromatic rings. The lowest BCUT2D eigenvalue weighted by atomic mass is 10.1. The summed E-state index contributed by atoms with van der Waals surface area (Å²) in [5, 5.41) is 11.9. The van der Waals surface area contributed by atoms with Crippen LogP contribution in [0.4, 0.5) is 0 Å². The molecule has 0 aliphatic carbocycles. The summed E-state index contributed by atoms with van der Waals surface area (Å²) in [4.78, 5) is 13.9. The third kappa shape index (κ3) is 3.80. The van der Waals surface area contributed by atoms with Crippen LogP contribution in [0.3, 0.4) is 0 Å². The van der Waals surface area contributed by atoms with Crippen LogP contribution in [0.25, 0.3) is 0 Å². The third-order valence-corrected chi connectivity index (χ3v) is 3.05. The quantitative estimate of drug-likeness (QED) is 0.653. The van der Waals surface area contributed by atoms with E-state index < -0.39 is 0 Å². The number of rotatable bonds is 5. The Morgan fingerprint density at radius 2 is 2.47 bits per heavy atom. The lowest BCUT2D eigenvalue weighted by molar-refractivity contribution is -0.134. The smallest absolute Gasteiger partial charge is 0.237 e. The molecule has 1 heterocycles. The Bertz CT molecular complexity index is 270. The molecule has 5 nitrogen and oxygen atoms in total. The molecule has 5 heteroatoms. The molecule has 1 aliphatic heterocycles. The molecule has 3 unspecified atom stereocenters. The van der Waals surface area contributed by atoms with E-state index in [2.05, 4.69) is 16.8 Å². The van der Waals surface area contributed by atoms with Crippen molar-refractivity contribution in [1.82, 2.24) is 10.2 Å². The van der Waals surface area contributed by atoms with Gasteiger partial charge in [0, 0.05) is 19.1 Å². The van der Waals surface area contributed by atoms with Gasteiger partial charge in [0.05, 0.1) is 25.4 Å². The van der Waals surface area contributed by atoms with Crippen LogP contribution in [-0.2, 0) is 9.53 Å². The molecular formula is C12H22N2O3. The van der Waals surface area contributed by atoms with Gasteiger partial charge in [0.1, 0.15) is 0 Å². The van der Waals surface area contributed by atoms with E-state index in [0.717, 1.165) is 0 Å². The van der Waals surface area contributed by atoms with Gasteiger partial charge in [-0.1, -0.05) is 6.08 Å². The molecule has 17 heavy (non-hydrogen) atoms. The van der Waals surface area contributed by atoms with E-state index in [-0.39, 0.29) is 30.7 Å². The van der Waals surface area contributed by atoms with Crippen LogP contribution in [0.2, 0.25) is 0 Å². The van der Waals surface area contributed by atoms with Crippen molar-refractivity contribution in [2.45, 2.75) is 32.0 Å². The van der Waals surface area contributed by atoms with E-state index in [4.69, 9.17) is 9.84 Å². The van der Waals surface area contributed by atoms with Gasteiger partial charge in [-0.25, -0.2) is 0 Å². The molecule has 98 valence electrons. The number of carbonyl (C=O) groups is 1. The van der Waals surface area contributed by atoms with Gasteiger partial charge in [-0.05, 0) is 13.8 Å². The first-order valence-electron chi connectivity index (χ1n) is 5.97. The van der Waals surface area contributed by atoms with Gasteiger partial charge in [-0.2, -0.15) is 0 Å². The van der Waals surface area contributed by atoms with Gasteiger partial charge < -0.3 is 15.2 Å². The summed E-state index contributed by atoms with van der Waals surface area (Å²) in [6.07, 6.45) is 1.46. The second kappa shape index (κ2) is 6.74. The van der Waals surface area contributed by atoms with E-state index in [0.29, 0.717) is 19.7 Å². The van der Waals surface area contributed by atoms with Crippen molar-refractivity contribution in [3.63, 3.8) is 0 Å². The first-order chi connectivity index (χ1) is 8.10. The summed E-state index contributed by atoms with van der Waals surface area (Å²) in [5.41, 5.74) is 0. The number of aliphatic hydroxyl groups is 1. The van der Waals surface area contributed by atoms with E-state index >= 15 is 0 Å². The van der Waals surface area contributed by atoms with E-state index in [9.17, 15) is 4.79 Å². The highest BCUT2D eigenvalue weighted by Crippen LogP contribution is 2.14. The number of hydrogen-bond donors (Lipinski definition) is 2. The monoisotopic (exact) mass is 242 g/mol. The van der Waals surface area contributed by atoms with Crippen LogP contribution in [0.5, 0.6) is 0 Å². The van der Waals surface area contributed by atoms with E-state index in [1.165, 1.54) is 0 Å². The number of hydrogen-bond acceptors (Lipinski definition) is 4. The average molecular weight is 242 g/mol. The summed E-state index contributed by atoms with van der Waals surface area (Å²) >= 11 is 0. The third-order valence-electron chi connectivity index (χ3n) is 3.05. The van der Waals surface area contributed by atoms with E-state index in [1.54, 1.807) is 6.08 Å². The number of nitrogens with one attached hydrogen (secondary N) is 1. The molecule has 0 saturated carbocycles. The molecule has 0 aromatic carbocycles. The molecular weight excluding hydrogens is 220 g/mol. The zero-order valence-electron chi connectivity index (χ0n) is 10.6. The molecule has 0 bridgehead atoms. The second-order valence-electron chi connectivity index (χ2n) is 4.39. The van der Waals surface area contributed by atoms with Crippen LogP contribution < -0.4 is 5.32 Å². The normalized spacial score (nSPS) is 27.5. The zero-order valence-corrected chi connectivity index (χ0v) is 10.6. The Labute approximate surface area is 102 Å². The maximum absolute atomic E-state index is 11.8. The fourth-order valence-corrected chi connectivity index (χ4v) is 1.96. The first kappa shape index (κ1) is 14.2. The SMILES string of the molecule is C=CCNC(=O)C(C)N1CC(CO)OCC1C. The molecule has 1 saturated heterocycles. The average Bonchev–Trinajstić information content (AvgIpc) is 2.35. The van der Waals surface area contributed by atoms with Crippen molar-refractivity contribution in [3.05, 3.63) is 12.7 Å². The highest BCUT2D eigenvalue weighted by molar-refractivity contribution is 5.81. The van der Waals surface area contributed by atoms with Gasteiger partial charge in [0.15, 0.2) is 0 Å². The molecule has 2 N–H and O–H groups in total. The Morgan fingerprint density at radius 3 is 3.06 bits per heavy atom. The molecule has 0 radical (unpaired) electrons. The molecule has 1 aliphatic rings. The minimum absolute atomic E-state index is 0.00971. The minimum atomic E-state index is -0.220. The maximum atomic E-state index is 11.8. The van der Waals surface area contributed by atoms with Gasteiger partial charge in [0.25, 0.3) is 0 Å². The van der Waals surface area contributed by atoms with Crippen LogP contribution in [0, 0.1) is 0 Å². The summed E-state index contributed by atoms with van der Waals surface area (Å²) in [6.45, 7) is 9.05. The largest absolute Gasteiger partial charge is 0.394 e. The van der Waals surface area contributed by atoms with Crippen molar-refractivity contribution >= 4 is 5.91 Å². The molecule has 1 rings (SSSR count). The number of aliphatic hydroxyl groups excluding tert-OH is 1. The molecule has 1 fully saturated rings. The van der Waals surface area contributed by atoms with Crippen LogP contribution in [-0.4, -0.2) is 60.4 Å².